The number of hydrogen-bond donors (Lipinski definition) is 2. The first-order valence-corrected chi connectivity index (χ1v) is 15.3. The second-order valence-corrected chi connectivity index (χ2v) is 12.5. The van der Waals surface area contributed by atoms with Crippen molar-refractivity contribution in [3.05, 3.63) is 110 Å². The van der Waals surface area contributed by atoms with E-state index in [-0.39, 0.29) is 15.6 Å². The number of nitrogens with one attached hydrogen (secondary N) is 2. The van der Waals surface area contributed by atoms with Gasteiger partial charge in [0, 0.05) is 33.1 Å². The van der Waals surface area contributed by atoms with Gasteiger partial charge in [0.2, 0.25) is 11.8 Å². The summed E-state index contributed by atoms with van der Waals surface area (Å²) in [6.45, 7) is 0. The van der Waals surface area contributed by atoms with Crippen LogP contribution >= 0.6 is 70.4 Å². The molecule has 0 bridgehead atoms. The van der Waals surface area contributed by atoms with E-state index in [2.05, 4.69) is 10.6 Å². The molecule has 7 nitrogen and oxygen atoms in total. The molecule has 2 N–H and O–H groups in total. The first kappa shape index (κ1) is 31.1. The molecular formula is C30H19Cl4N3O4S2. The number of nitrogens with zero attached hydrogens (tertiary/aromatic N) is 1. The van der Waals surface area contributed by atoms with Crippen LogP contribution in [-0.4, -0.2) is 33.0 Å². The Morgan fingerprint density at radius 1 is 0.860 bits per heavy atom. The molecule has 0 unspecified atom stereocenters. The van der Waals surface area contributed by atoms with Crippen LogP contribution in [0.3, 0.4) is 0 Å². The van der Waals surface area contributed by atoms with Gasteiger partial charge in [-0.25, -0.2) is 0 Å². The lowest BCUT2D eigenvalue weighted by Gasteiger charge is -2.25. The molecule has 5 rings (SSSR count). The van der Waals surface area contributed by atoms with E-state index in [1.807, 2.05) is 0 Å². The molecule has 1 aliphatic heterocycles. The number of furan rings is 1. The van der Waals surface area contributed by atoms with Crippen molar-refractivity contribution in [2.24, 2.45) is 0 Å². The number of benzene rings is 3. The van der Waals surface area contributed by atoms with E-state index in [1.165, 1.54) is 6.08 Å². The third kappa shape index (κ3) is 7.62. The van der Waals surface area contributed by atoms with E-state index in [0.29, 0.717) is 48.5 Å². The quantitative estimate of drug-likeness (QED) is 0.142. The van der Waals surface area contributed by atoms with Crippen molar-refractivity contribution in [2.45, 2.75) is 12.5 Å². The molecule has 43 heavy (non-hydrogen) atoms. The molecule has 4 aromatic rings. The molecule has 0 aliphatic carbocycles. The zero-order chi connectivity index (χ0) is 30.7. The van der Waals surface area contributed by atoms with Crippen LogP contribution in [-0.2, 0) is 14.4 Å². The van der Waals surface area contributed by atoms with E-state index in [1.54, 1.807) is 78.9 Å². The fraction of sp³-hybridized carbons (Fsp3) is 0.0667. The van der Waals surface area contributed by atoms with Crippen molar-refractivity contribution in [3.8, 4) is 11.3 Å². The monoisotopic (exact) mass is 689 g/mol. The molecule has 1 aromatic heterocycles. The predicted octanol–water partition coefficient (Wildman–Crippen LogP) is 8.80. The van der Waals surface area contributed by atoms with Gasteiger partial charge in [-0.3, -0.25) is 19.3 Å². The SMILES string of the molecule is O=C(C[C@@H](C(=O)Nc1ccc(Cl)cc1)N1C(=O)/C(=C/c2ccc(-c3ccc(Cl)c(Cl)c3)o2)SC1=S)Nc1ccc(Cl)cc1. The van der Waals surface area contributed by atoms with Crippen LogP contribution in [0.5, 0.6) is 0 Å². The van der Waals surface area contributed by atoms with Crippen LogP contribution in [0.1, 0.15) is 12.2 Å². The molecule has 0 saturated carbocycles. The summed E-state index contributed by atoms with van der Waals surface area (Å²) in [4.78, 5) is 41.6. The molecule has 3 amide bonds. The van der Waals surface area contributed by atoms with Gasteiger partial charge in [0.15, 0.2) is 0 Å². The van der Waals surface area contributed by atoms with Crippen LogP contribution in [0.25, 0.3) is 17.4 Å². The average Bonchev–Trinajstić information content (AvgIpc) is 3.55. The van der Waals surface area contributed by atoms with E-state index in [0.717, 1.165) is 16.7 Å². The van der Waals surface area contributed by atoms with Crippen LogP contribution in [0.2, 0.25) is 20.1 Å². The Hall–Kier alpha value is -3.31. The number of anilines is 2. The summed E-state index contributed by atoms with van der Waals surface area (Å²) >= 11 is 30.6. The second kappa shape index (κ2) is 13.5. The predicted molar refractivity (Wildman–Crippen MR) is 178 cm³/mol. The third-order valence-corrected chi connectivity index (χ3v) is 8.73. The minimum absolute atomic E-state index is 0.114. The number of thioether (sulfide) groups is 1. The van der Waals surface area contributed by atoms with Crippen LogP contribution in [0.4, 0.5) is 11.4 Å². The fourth-order valence-corrected chi connectivity index (χ4v) is 5.98. The smallest absolute Gasteiger partial charge is 0.267 e. The first-order valence-electron chi connectivity index (χ1n) is 12.5. The average molecular weight is 691 g/mol. The second-order valence-electron chi connectivity index (χ2n) is 9.15. The van der Waals surface area contributed by atoms with Gasteiger partial charge in [0.25, 0.3) is 5.91 Å². The lowest BCUT2D eigenvalue weighted by atomic mass is 10.1. The molecule has 0 radical (unpaired) electrons. The summed E-state index contributed by atoms with van der Waals surface area (Å²) in [6.07, 6.45) is 1.16. The molecule has 1 fully saturated rings. The summed E-state index contributed by atoms with van der Waals surface area (Å²) in [6, 6.07) is 20.2. The Morgan fingerprint density at radius 2 is 1.49 bits per heavy atom. The molecule has 13 heteroatoms. The fourth-order valence-electron chi connectivity index (χ4n) is 4.09. The number of thiocarbonyl (C=S) groups is 1. The van der Waals surface area contributed by atoms with Crippen molar-refractivity contribution in [1.82, 2.24) is 4.90 Å². The van der Waals surface area contributed by atoms with Crippen molar-refractivity contribution >= 4 is 110 Å². The Kier molecular flexibility index (Phi) is 9.81. The van der Waals surface area contributed by atoms with Crippen LogP contribution in [0, 0.1) is 0 Å². The number of amides is 3. The topological polar surface area (TPSA) is 91.7 Å². The largest absolute Gasteiger partial charge is 0.457 e. The van der Waals surface area contributed by atoms with Crippen molar-refractivity contribution in [1.29, 1.82) is 0 Å². The van der Waals surface area contributed by atoms with E-state index in [9.17, 15) is 14.4 Å². The summed E-state index contributed by atoms with van der Waals surface area (Å²) in [7, 11) is 0. The summed E-state index contributed by atoms with van der Waals surface area (Å²) in [5.41, 5.74) is 1.61. The molecule has 1 atom stereocenters. The number of carbonyl (C=O) groups is 3. The third-order valence-electron chi connectivity index (χ3n) is 6.16. The maximum absolute atomic E-state index is 13.6. The van der Waals surface area contributed by atoms with E-state index in [4.69, 9.17) is 63.0 Å². The normalized spacial score (nSPS) is 14.7. The molecule has 2 heterocycles. The highest BCUT2D eigenvalue weighted by Gasteiger charge is 2.41. The molecular weight excluding hydrogens is 672 g/mol. The number of hydrogen-bond acceptors (Lipinski definition) is 6. The molecule has 3 aromatic carbocycles. The van der Waals surface area contributed by atoms with E-state index >= 15 is 0 Å². The van der Waals surface area contributed by atoms with E-state index < -0.39 is 23.8 Å². The highest BCUT2D eigenvalue weighted by molar-refractivity contribution is 8.26. The van der Waals surface area contributed by atoms with Gasteiger partial charge in [0.05, 0.1) is 21.4 Å². The Labute approximate surface area is 276 Å². The summed E-state index contributed by atoms with van der Waals surface area (Å²) < 4.78 is 6.03. The van der Waals surface area contributed by atoms with Crippen molar-refractivity contribution in [3.63, 3.8) is 0 Å². The first-order chi connectivity index (χ1) is 20.6. The maximum atomic E-state index is 13.6. The van der Waals surface area contributed by atoms with Gasteiger partial charge in [-0.05, 0) is 78.9 Å². The number of carbonyl (C=O) groups excluding carboxylic acids is 3. The van der Waals surface area contributed by atoms with Gasteiger partial charge in [-0.15, -0.1) is 0 Å². The molecule has 1 aliphatic rings. The Morgan fingerprint density at radius 3 is 2.12 bits per heavy atom. The van der Waals surface area contributed by atoms with Gasteiger partial charge < -0.3 is 15.1 Å². The molecule has 1 saturated heterocycles. The molecule has 0 spiro atoms. The molecule has 218 valence electrons. The number of halogens is 4. The minimum Gasteiger partial charge on any atom is -0.457 e. The highest BCUT2D eigenvalue weighted by atomic mass is 35.5. The maximum Gasteiger partial charge on any atom is 0.267 e. The van der Waals surface area contributed by atoms with Crippen molar-refractivity contribution in [2.75, 3.05) is 10.6 Å². The van der Waals surface area contributed by atoms with Gasteiger partial charge >= 0.3 is 0 Å². The number of rotatable bonds is 8. The summed E-state index contributed by atoms with van der Waals surface area (Å²) in [5.74, 6) is -0.762. The van der Waals surface area contributed by atoms with Crippen LogP contribution in [0.15, 0.2) is 88.2 Å². The van der Waals surface area contributed by atoms with Gasteiger partial charge in [-0.2, -0.15) is 0 Å². The van der Waals surface area contributed by atoms with Gasteiger partial charge in [-0.1, -0.05) is 70.4 Å². The Balaban J connectivity index is 1.39. The standard InChI is InChI=1S/C30H19Cl4N3O4S2/c31-17-2-6-19(7-3-17)35-27(38)15-24(28(39)36-20-8-4-18(32)5-9-20)37-29(40)26(43-30(37)42)14-21-10-12-25(41-21)16-1-11-22(33)23(34)13-16/h1-14,24H,15H2,(H,35,38)(H,36,39)/b26-14-/t24-/m0/s1. The lowest BCUT2D eigenvalue weighted by molar-refractivity contribution is -0.132. The van der Waals surface area contributed by atoms with Crippen molar-refractivity contribution < 1.29 is 18.8 Å². The zero-order valence-corrected chi connectivity index (χ0v) is 26.4. The van der Waals surface area contributed by atoms with Gasteiger partial charge in [0.1, 0.15) is 21.9 Å². The highest BCUT2D eigenvalue weighted by Crippen LogP contribution is 2.36. The lowest BCUT2D eigenvalue weighted by Crippen LogP contribution is -2.48. The Bertz CT molecular complexity index is 1760. The minimum atomic E-state index is -1.26. The summed E-state index contributed by atoms with van der Waals surface area (Å²) in [5, 5.41) is 7.25. The zero-order valence-electron chi connectivity index (χ0n) is 21.8. The van der Waals surface area contributed by atoms with Crippen LogP contribution < -0.4 is 10.6 Å².